The van der Waals surface area contributed by atoms with Gasteiger partial charge in [0.2, 0.25) is 0 Å². The number of aliphatic hydroxyl groups is 1. The zero-order valence-electron chi connectivity index (χ0n) is 26.9. The number of aliphatic hydroxyl groups excluding tert-OH is 1. The zero-order chi connectivity index (χ0) is 33.3. The molecule has 6 rings (SSSR count). The maximum atomic E-state index is 14.1. The number of hydroxylamine groups is 1. The van der Waals surface area contributed by atoms with Crippen molar-refractivity contribution < 1.29 is 42.1 Å². The van der Waals surface area contributed by atoms with E-state index in [1.807, 2.05) is 60.7 Å². The van der Waals surface area contributed by atoms with Gasteiger partial charge in [0.05, 0.1) is 48.8 Å². The van der Waals surface area contributed by atoms with Gasteiger partial charge in [-0.1, -0.05) is 84.4 Å². The van der Waals surface area contributed by atoms with Crippen LogP contribution in [0.5, 0.6) is 5.75 Å². The Bertz CT molecular complexity index is 1550. The molecule has 1 saturated carbocycles. The number of rotatable bonds is 14. The molecule has 3 unspecified atom stereocenters. The summed E-state index contributed by atoms with van der Waals surface area (Å²) in [6.07, 6.45) is 2.07. The fraction of sp³-hybridized carbons (Fsp3) is 0.472. The maximum absolute atomic E-state index is 14.1. The lowest BCUT2D eigenvalue weighted by Gasteiger charge is -2.32. The second kappa shape index (κ2) is 16.3. The molecule has 1 amide bonds. The minimum atomic E-state index is -4.22. The lowest BCUT2D eigenvalue weighted by molar-refractivity contribution is -0.156. The molecule has 5 atom stereocenters. The molecular formula is C36H44N2O9S. The number of carbonyl (C=O) groups is 1. The van der Waals surface area contributed by atoms with Gasteiger partial charge in [0.15, 0.2) is 6.29 Å². The van der Waals surface area contributed by atoms with Crippen molar-refractivity contribution in [1.82, 2.24) is 9.79 Å². The zero-order valence-corrected chi connectivity index (χ0v) is 27.7. The van der Waals surface area contributed by atoms with E-state index in [1.165, 1.54) is 12.1 Å². The van der Waals surface area contributed by atoms with Crippen molar-refractivity contribution in [2.75, 3.05) is 19.8 Å². The fourth-order valence-electron chi connectivity index (χ4n) is 6.40. The fourth-order valence-corrected chi connectivity index (χ4v) is 7.70. The van der Waals surface area contributed by atoms with E-state index in [2.05, 4.69) is 5.32 Å². The first-order chi connectivity index (χ1) is 23.3. The average molecular weight is 681 g/mol. The minimum Gasteiger partial charge on any atom is -0.489 e. The van der Waals surface area contributed by atoms with Crippen LogP contribution in [-0.4, -0.2) is 74.5 Å². The van der Waals surface area contributed by atoms with Crippen molar-refractivity contribution in [1.29, 1.82) is 0 Å². The van der Waals surface area contributed by atoms with Gasteiger partial charge < -0.3 is 29.4 Å². The molecule has 12 heteroatoms. The molecule has 2 saturated heterocycles. The smallest absolute Gasteiger partial charge is 0.407 e. The van der Waals surface area contributed by atoms with Crippen molar-refractivity contribution >= 4 is 16.1 Å². The molecule has 0 bridgehead atoms. The van der Waals surface area contributed by atoms with E-state index in [1.54, 1.807) is 12.1 Å². The Kier molecular flexibility index (Phi) is 11.6. The number of amides is 1. The number of carbonyl (C=O) groups excluding carboxylic acids is 1. The summed E-state index contributed by atoms with van der Waals surface area (Å²) in [4.78, 5) is 19.3. The molecule has 258 valence electrons. The lowest BCUT2D eigenvalue weighted by Crippen LogP contribution is -2.51. The van der Waals surface area contributed by atoms with Gasteiger partial charge in [0, 0.05) is 0 Å². The highest BCUT2D eigenvalue weighted by molar-refractivity contribution is 7.89. The van der Waals surface area contributed by atoms with Crippen LogP contribution in [0.2, 0.25) is 0 Å². The molecule has 3 fully saturated rings. The van der Waals surface area contributed by atoms with Gasteiger partial charge in [0.25, 0.3) is 10.0 Å². The third-order valence-electron chi connectivity index (χ3n) is 9.10. The first-order valence-electron chi connectivity index (χ1n) is 16.7. The number of nitrogens with one attached hydrogen (secondary N) is 1. The van der Waals surface area contributed by atoms with E-state index >= 15 is 0 Å². The monoisotopic (exact) mass is 680 g/mol. The van der Waals surface area contributed by atoms with Gasteiger partial charge in [-0.25, -0.2) is 13.2 Å². The third-order valence-corrected chi connectivity index (χ3v) is 10.7. The summed E-state index contributed by atoms with van der Waals surface area (Å²) in [7, 11) is -4.22. The Morgan fingerprint density at radius 2 is 1.58 bits per heavy atom. The highest BCUT2D eigenvalue weighted by Gasteiger charge is 2.44. The van der Waals surface area contributed by atoms with Gasteiger partial charge in [-0.2, -0.15) is 0 Å². The Morgan fingerprint density at radius 1 is 0.896 bits per heavy atom. The van der Waals surface area contributed by atoms with E-state index in [0.717, 1.165) is 41.3 Å². The number of hydrogen-bond donors (Lipinski definition) is 2. The van der Waals surface area contributed by atoms with Gasteiger partial charge in [0.1, 0.15) is 18.5 Å². The van der Waals surface area contributed by atoms with Crippen molar-refractivity contribution in [3.8, 4) is 5.75 Å². The molecule has 1 aliphatic carbocycles. The van der Waals surface area contributed by atoms with Crippen LogP contribution in [0.25, 0.3) is 0 Å². The highest BCUT2D eigenvalue weighted by Crippen LogP contribution is 2.33. The summed E-state index contributed by atoms with van der Waals surface area (Å²) in [6.45, 7) is 0.706. The maximum Gasteiger partial charge on any atom is 0.407 e. The van der Waals surface area contributed by atoms with Crippen LogP contribution in [0.15, 0.2) is 89.8 Å². The average Bonchev–Trinajstić information content (AvgIpc) is 3.73. The molecule has 0 aromatic heterocycles. The van der Waals surface area contributed by atoms with E-state index < -0.39 is 40.9 Å². The summed E-state index contributed by atoms with van der Waals surface area (Å²) in [5, 5.41) is 14.4. The van der Waals surface area contributed by atoms with Crippen molar-refractivity contribution in [3.63, 3.8) is 0 Å². The molecule has 11 nitrogen and oxygen atoms in total. The van der Waals surface area contributed by atoms with Crippen LogP contribution in [-0.2, 0) is 42.1 Å². The number of hydrogen-bond acceptors (Lipinski definition) is 9. The van der Waals surface area contributed by atoms with Crippen LogP contribution in [0.1, 0.15) is 49.7 Å². The molecule has 2 aliphatic heterocycles. The van der Waals surface area contributed by atoms with Crippen molar-refractivity contribution in [3.05, 3.63) is 96.1 Å². The number of ether oxygens (including phenoxy) is 4. The van der Waals surface area contributed by atoms with Crippen LogP contribution in [0, 0.1) is 5.92 Å². The third kappa shape index (κ3) is 8.93. The SMILES string of the molecule is O=C(N[C@@H](Cc1ccccc1)[C@H](O)CN(OC1CCCCC1)S(=O)(=O)c1ccc(OCc2ccccc2)cc1)OC1COC2OCCC12. The number of alkyl carbamates (subject to hydrolysis) is 1. The molecule has 3 aliphatic rings. The van der Waals surface area contributed by atoms with Crippen LogP contribution in [0.3, 0.4) is 0 Å². The predicted octanol–water partition coefficient (Wildman–Crippen LogP) is 4.98. The Labute approximate surface area is 282 Å². The molecule has 0 spiro atoms. The molecule has 3 aromatic rings. The summed E-state index contributed by atoms with van der Waals surface area (Å²) in [6, 6.07) is 24.3. The Balaban J connectivity index is 1.18. The molecule has 0 radical (unpaired) electrons. The lowest BCUT2D eigenvalue weighted by atomic mass is 9.98. The Hall–Kier alpha value is -3.52. The van der Waals surface area contributed by atoms with Crippen LogP contribution < -0.4 is 10.1 Å². The van der Waals surface area contributed by atoms with E-state index in [0.29, 0.717) is 31.8 Å². The topological polar surface area (TPSA) is 133 Å². The normalized spacial score (nSPS) is 22.6. The van der Waals surface area contributed by atoms with E-state index in [9.17, 15) is 18.3 Å². The van der Waals surface area contributed by atoms with Gasteiger partial charge in [-0.05, 0) is 61.1 Å². The summed E-state index contributed by atoms with van der Waals surface area (Å²) in [5.74, 6) is 0.472. The van der Waals surface area contributed by atoms with E-state index in [-0.39, 0.29) is 36.2 Å². The first-order valence-corrected chi connectivity index (χ1v) is 18.2. The van der Waals surface area contributed by atoms with Crippen molar-refractivity contribution in [2.24, 2.45) is 5.92 Å². The summed E-state index contributed by atoms with van der Waals surface area (Å²) in [5.41, 5.74) is 1.84. The van der Waals surface area contributed by atoms with Gasteiger partial charge in [-0.3, -0.25) is 4.84 Å². The van der Waals surface area contributed by atoms with Gasteiger partial charge >= 0.3 is 6.09 Å². The largest absolute Gasteiger partial charge is 0.489 e. The second-order valence-electron chi connectivity index (χ2n) is 12.6. The number of fused-ring (bicyclic) bond motifs is 1. The van der Waals surface area contributed by atoms with Gasteiger partial charge in [-0.15, -0.1) is 0 Å². The molecular weight excluding hydrogens is 636 g/mol. The molecule has 3 aromatic carbocycles. The number of benzene rings is 3. The molecule has 2 heterocycles. The Morgan fingerprint density at radius 3 is 2.29 bits per heavy atom. The standard InChI is InChI=1S/C36H44N2O9S/c39-33(32(22-26-10-4-1-5-11-26)37-36(40)46-34-25-45-35-31(34)20-21-43-35)23-38(47-29-14-8-3-9-15-29)48(41,42)30-18-16-28(17-19-30)44-24-27-12-6-2-7-13-27/h1-2,4-7,10-13,16-19,29,31-35,39H,3,8-9,14-15,20-25H2,(H,37,40)/t31?,32-,33+,34?,35?/m0/s1. The first kappa shape index (κ1) is 34.3. The predicted molar refractivity (Wildman–Crippen MR) is 176 cm³/mol. The summed E-state index contributed by atoms with van der Waals surface area (Å²) < 4.78 is 51.8. The minimum absolute atomic E-state index is 0.000816. The molecule has 2 N–H and O–H groups in total. The summed E-state index contributed by atoms with van der Waals surface area (Å²) >= 11 is 0. The number of sulfonamides is 1. The second-order valence-corrected chi connectivity index (χ2v) is 14.4. The van der Waals surface area contributed by atoms with Crippen LogP contribution >= 0.6 is 0 Å². The molecule has 48 heavy (non-hydrogen) atoms. The quantitative estimate of drug-likeness (QED) is 0.226. The van der Waals surface area contributed by atoms with E-state index in [4.69, 9.17) is 23.8 Å². The van der Waals surface area contributed by atoms with Crippen molar-refractivity contribution in [2.45, 2.75) is 87.1 Å². The number of nitrogens with zero attached hydrogens (tertiary/aromatic N) is 1. The highest BCUT2D eigenvalue weighted by atomic mass is 32.2. The van der Waals surface area contributed by atoms with Crippen LogP contribution in [0.4, 0.5) is 4.79 Å².